The molecule has 3 aromatic rings. The van der Waals surface area contributed by atoms with Gasteiger partial charge in [0.25, 0.3) is 0 Å². The average Bonchev–Trinajstić information content (AvgIpc) is 2.99. The first-order valence-electron chi connectivity index (χ1n) is 7.20. The lowest BCUT2D eigenvalue weighted by Crippen LogP contribution is -1.91. The Balaban J connectivity index is 1.82. The fraction of sp³-hybridized carbons (Fsp3) is 0.167. The summed E-state index contributed by atoms with van der Waals surface area (Å²) in [5, 5.41) is 6.93. The summed E-state index contributed by atoms with van der Waals surface area (Å²) in [6, 6.07) is 12.0. The number of benzene rings is 2. The van der Waals surface area contributed by atoms with Crippen LogP contribution in [0, 0.1) is 13.8 Å². The molecule has 118 valence electrons. The van der Waals surface area contributed by atoms with Gasteiger partial charge in [-0.2, -0.15) is 0 Å². The van der Waals surface area contributed by atoms with Gasteiger partial charge in [0.15, 0.2) is 5.13 Å². The second-order valence-corrected chi connectivity index (χ2v) is 6.58. The topological polar surface area (TPSA) is 34.1 Å². The van der Waals surface area contributed by atoms with E-state index in [9.17, 15) is 0 Å². The lowest BCUT2D eigenvalue weighted by atomic mass is 10.1. The predicted molar refractivity (Wildman–Crippen MR) is 98.3 cm³/mol. The summed E-state index contributed by atoms with van der Waals surface area (Å²) in [6.07, 6.45) is 0. The smallest absolute Gasteiger partial charge is 0.187 e. The number of aryl methyl sites for hydroxylation is 2. The Hall–Kier alpha value is -2.04. The normalized spacial score (nSPS) is 10.6. The number of methoxy groups -OCH3 is 1. The van der Waals surface area contributed by atoms with E-state index in [1.165, 1.54) is 0 Å². The predicted octanol–water partition coefficient (Wildman–Crippen LogP) is 5.83. The molecule has 0 unspecified atom stereocenters. The number of anilines is 2. The van der Waals surface area contributed by atoms with E-state index in [1.807, 2.05) is 49.6 Å². The number of halogens is 1. The van der Waals surface area contributed by atoms with Crippen LogP contribution in [0.15, 0.2) is 41.8 Å². The molecule has 1 N–H and O–H groups in total. The fourth-order valence-electron chi connectivity index (χ4n) is 2.30. The molecule has 0 aliphatic heterocycles. The molecule has 0 fully saturated rings. The SMILES string of the molecule is COc1ccc(-c2csc(Nc3ccc(C)c(Cl)c3)n2)cc1C. The van der Waals surface area contributed by atoms with E-state index in [1.54, 1.807) is 18.4 Å². The van der Waals surface area contributed by atoms with Gasteiger partial charge in [0.2, 0.25) is 0 Å². The van der Waals surface area contributed by atoms with Gasteiger partial charge in [-0.25, -0.2) is 4.98 Å². The highest BCUT2D eigenvalue weighted by Gasteiger charge is 2.08. The number of hydrogen-bond donors (Lipinski definition) is 1. The summed E-state index contributed by atoms with van der Waals surface area (Å²) in [7, 11) is 1.68. The number of ether oxygens (including phenoxy) is 1. The van der Waals surface area contributed by atoms with Gasteiger partial charge in [-0.1, -0.05) is 17.7 Å². The number of rotatable bonds is 4. The van der Waals surface area contributed by atoms with Crippen molar-refractivity contribution in [3.05, 3.63) is 57.9 Å². The van der Waals surface area contributed by atoms with E-state index in [2.05, 4.69) is 16.4 Å². The molecule has 0 bridgehead atoms. The maximum atomic E-state index is 6.16. The van der Waals surface area contributed by atoms with Crippen LogP contribution in [0.3, 0.4) is 0 Å². The quantitative estimate of drug-likeness (QED) is 0.646. The van der Waals surface area contributed by atoms with Gasteiger partial charge in [-0.05, 0) is 55.3 Å². The Labute approximate surface area is 144 Å². The monoisotopic (exact) mass is 344 g/mol. The van der Waals surface area contributed by atoms with Crippen molar-refractivity contribution in [1.82, 2.24) is 4.98 Å². The van der Waals surface area contributed by atoms with Crippen LogP contribution in [0.4, 0.5) is 10.8 Å². The highest BCUT2D eigenvalue weighted by atomic mass is 35.5. The van der Waals surface area contributed by atoms with E-state index >= 15 is 0 Å². The van der Waals surface area contributed by atoms with E-state index in [4.69, 9.17) is 16.3 Å². The van der Waals surface area contributed by atoms with Gasteiger partial charge in [0.1, 0.15) is 5.75 Å². The van der Waals surface area contributed by atoms with Crippen molar-refractivity contribution in [2.45, 2.75) is 13.8 Å². The Morgan fingerprint density at radius 1 is 1.09 bits per heavy atom. The lowest BCUT2D eigenvalue weighted by Gasteiger charge is -2.06. The van der Waals surface area contributed by atoms with Crippen molar-refractivity contribution >= 4 is 33.8 Å². The van der Waals surface area contributed by atoms with Gasteiger partial charge < -0.3 is 10.1 Å². The standard InChI is InChI=1S/C18H17ClN2OS/c1-11-4-6-14(9-15(11)19)20-18-21-16(10-23-18)13-5-7-17(22-3)12(2)8-13/h4-10H,1-3H3,(H,20,21). The van der Waals surface area contributed by atoms with E-state index in [0.29, 0.717) is 0 Å². The molecule has 0 amide bonds. The van der Waals surface area contributed by atoms with Crippen LogP contribution < -0.4 is 10.1 Å². The molecule has 5 heteroatoms. The van der Waals surface area contributed by atoms with E-state index < -0.39 is 0 Å². The molecule has 0 atom stereocenters. The van der Waals surface area contributed by atoms with E-state index in [0.717, 1.165) is 44.0 Å². The maximum Gasteiger partial charge on any atom is 0.187 e. The zero-order valence-corrected chi connectivity index (χ0v) is 14.8. The molecule has 0 spiro atoms. The molecule has 0 saturated carbocycles. The third-order valence-electron chi connectivity index (χ3n) is 3.62. The van der Waals surface area contributed by atoms with E-state index in [-0.39, 0.29) is 0 Å². The molecular formula is C18H17ClN2OS. The molecule has 0 aliphatic rings. The van der Waals surface area contributed by atoms with Gasteiger partial charge in [0.05, 0.1) is 12.8 Å². The Bertz CT molecular complexity index is 845. The molecule has 0 radical (unpaired) electrons. The summed E-state index contributed by atoms with van der Waals surface area (Å²) in [4.78, 5) is 4.65. The summed E-state index contributed by atoms with van der Waals surface area (Å²) >= 11 is 7.73. The van der Waals surface area contributed by atoms with Crippen molar-refractivity contribution in [3.63, 3.8) is 0 Å². The summed E-state index contributed by atoms with van der Waals surface area (Å²) < 4.78 is 5.30. The van der Waals surface area contributed by atoms with Gasteiger partial charge >= 0.3 is 0 Å². The molecule has 0 saturated heterocycles. The molecule has 3 nitrogen and oxygen atoms in total. The van der Waals surface area contributed by atoms with Crippen molar-refractivity contribution in [2.24, 2.45) is 0 Å². The highest BCUT2D eigenvalue weighted by molar-refractivity contribution is 7.14. The first-order chi connectivity index (χ1) is 11.1. The third kappa shape index (κ3) is 3.49. The minimum absolute atomic E-state index is 0.748. The molecule has 1 aromatic heterocycles. The van der Waals surface area contributed by atoms with Crippen molar-refractivity contribution in [3.8, 4) is 17.0 Å². The zero-order valence-electron chi connectivity index (χ0n) is 13.2. The minimum Gasteiger partial charge on any atom is -0.496 e. The highest BCUT2D eigenvalue weighted by Crippen LogP contribution is 2.30. The maximum absolute atomic E-state index is 6.16. The number of nitrogens with one attached hydrogen (secondary N) is 1. The molecular weight excluding hydrogens is 328 g/mol. The third-order valence-corrected chi connectivity index (χ3v) is 4.78. The Morgan fingerprint density at radius 3 is 2.61 bits per heavy atom. The van der Waals surface area contributed by atoms with Gasteiger partial charge in [-0.15, -0.1) is 11.3 Å². The van der Waals surface area contributed by atoms with Crippen LogP contribution in [-0.2, 0) is 0 Å². The van der Waals surface area contributed by atoms with Crippen molar-refractivity contribution < 1.29 is 4.74 Å². The minimum atomic E-state index is 0.748. The van der Waals surface area contributed by atoms with Crippen LogP contribution in [0.25, 0.3) is 11.3 Å². The van der Waals surface area contributed by atoms with Crippen LogP contribution in [-0.4, -0.2) is 12.1 Å². The van der Waals surface area contributed by atoms with Crippen LogP contribution >= 0.6 is 22.9 Å². The largest absolute Gasteiger partial charge is 0.496 e. The first-order valence-corrected chi connectivity index (χ1v) is 8.46. The van der Waals surface area contributed by atoms with Crippen molar-refractivity contribution in [1.29, 1.82) is 0 Å². The second kappa shape index (κ2) is 6.60. The van der Waals surface area contributed by atoms with Gasteiger partial charge in [0, 0.05) is 21.7 Å². The number of hydrogen-bond acceptors (Lipinski definition) is 4. The van der Waals surface area contributed by atoms with Crippen LogP contribution in [0.5, 0.6) is 5.75 Å². The zero-order chi connectivity index (χ0) is 16.4. The van der Waals surface area contributed by atoms with Crippen molar-refractivity contribution in [2.75, 3.05) is 12.4 Å². The van der Waals surface area contributed by atoms with Gasteiger partial charge in [-0.3, -0.25) is 0 Å². The first kappa shape index (κ1) is 15.8. The summed E-state index contributed by atoms with van der Waals surface area (Å²) in [5.41, 5.74) is 5.12. The fourth-order valence-corrected chi connectivity index (χ4v) is 3.22. The number of nitrogens with zero attached hydrogens (tertiary/aromatic N) is 1. The average molecular weight is 345 g/mol. The molecule has 2 aromatic carbocycles. The lowest BCUT2D eigenvalue weighted by molar-refractivity contribution is 0.412. The summed E-state index contributed by atoms with van der Waals surface area (Å²) in [6.45, 7) is 4.02. The Kier molecular flexibility index (Phi) is 4.55. The molecule has 23 heavy (non-hydrogen) atoms. The molecule has 0 aliphatic carbocycles. The number of aromatic nitrogens is 1. The molecule has 1 heterocycles. The Morgan fingerprint density at radius 2 is 1.91 bits per heavy atom. The summed E-state index contributed by atoms with van der Waals surface area (Å²) in [5.74, 6) is 0.886. The second-order valence-electron chi connectivity index (χ2n) is 5.31. The van der Waals surface area contributed by atoms with Crippen LogP contribution in [0.1, 0.15) is 11.1 Å². The number of thiazole rings is 1. The molecule has 3 rings (SSSR count). The van der Waals surface area contributed by atoms with Crippen LogP contribution in [0.2, 0.25) is 5.02 Å².